The van der Waals surface area contributed by atoms with Gasteiger partial charge in [-0.2, -0.15) is 15.8 Å². The second-order valence-corrected chi connectivity index (χ2v) is 31.6. The summed E-state index contributed by atoms with van der Waals surface area (Å²) in [6.07, 6.45) is 34.1. The molecule has 0 saturated heterocycles. The van der Waals surface area contributed by atoms with Crippen molar-refractivity contribution in [2.24, 2.45) is 0 Å². The Kier molecular flexibility index (Phi) is 37.8. The van der Waals surface area contributed by atoms with Crippen LogP contribution in [0.5, 0.6) is 34.5 Å². The molecule has 586 valence electrons. The van der Waals surface area contributed by atoms with Crippen LogP contribution in [0.3, 0.4) is 0 Å². The van der Waals surface area contributed by atoms with Crippen molar-refractivity contribution in [3.05, 3.63) is 270 Å². The van der Waals surface area contributed by atoms with Crippen LogP contribution >= 0.6 is 7.92 Å². The van der Waals surface area contributed by atoms with Gasteiger partial charge in [-0.25, -0.2) is 4.79 Å². The van der Waals surface area contributed by atoms with Crippen molar-refractivity contribution >= 4 is 29.8 Å². The van der Waals surface area contributed by atoms with Crippen LogP contribution in [-0.2, 0) is 11.3 Å². The minimum absolute atomic E-state index is 0.123. The van der Waals surface area contributed by atoms with E-state index in [9.17, 15) is 4.79 Å². The molecule has 0 atom stereocenters. The molecule has 0 aromatic heterocycles. The molecule has 0 aliphatic heterocycles. The second kappa shape index (κ2) is 50.4. The first-order chi connectivity index (χ1) is 55.9. The Morgan fingerprint density at radius 3 is 0.796 bits per heavy atom. The lowest BCUT2D eigenvalue weighted by Gasteiger charge is -2.20. The SMILES string of the molecule is N#Cc1ccc(-c2ccc(OCCCCCCCCCCCCOc3cc(C(=O)OCc4ccc(P(c5ccccc5)c5ccccc5)cc4)cc(OCCCCCCCCCCCCOc4ccc(-c5ccc(C#N)cc5)cc4)c3OCCCCCCCCCCCCOc3ccc(-c4ccc(C#N)cc4)cc3)cc2)cc1. The summed E-state index contributed by atoms with van der Waals surface area (Å²) in [6.45, 7) is 3.77. The summed E-state index contributed by atoms with van der Waals surface area (Å²) in [5.74, 6) is 3.84. The lowest BCUT2D eigenvalue weighted by molar-refractivity contribution is 0.0471. The maximum absolute atomic E-state index is 14.4. The van der Waals surface area contributed by atoms with Gasteiger partial charge in [0.2, 0.25) is 5.75 Å². The van der Waals surface area contributed by atoms with Gasteiger partial charge in [-0.1, -0.05) is 312 Å². The quantitative estimate of drug-likeness (QED) is 0.0203. The van der Waals surface area contributed by atoms with Crippen molar-refractivity contribution in [2.45, 2.75) is 199 Å². The van der Waals surface area contributed by atoms with Gasteiger partial charge in [0.05, 0.1) is 80.1 Å². The van der Waals surface area contributed by atoms with Crippen LogP contribution in [0, 0.1) is 34.0 Å². The van der Waals surface area contributed by atoms with Crippen molar-refractivity contribution in [1.82, 2.24) is 0 Å². The number of unbranched alkanes of at least 4 members (excludes halogenated alkanes) is 27. The van der Waals surface area contributed by atoms with Crippen LogP contribution in [-0.4, -0.2) is 45.6 Å². The maximum atomic E-state index is 14.4. The molecule has 0 heterocycles. The largest absolute Gasteiger partial charge is 0.494 e. The number of nitriles is 3. The zero-order valence-electron chi connectivity index (χ0n) is 66.3. The van der Waals surface area contributed by atoms with Crippen LogP contribution in [0.25, 0.3) is 33.4 Å². The van der Waals surface area contributed by atoms with E-state index in [0.717, 1.165) is 153 Å². The number of carbonyl (C=O) groups is 1. The highest BCUT2D eigenvalue weighted by atomic mass is 31.1. The van der Waals surface area contributed by atoms with Gasteiger partial charge in [-0.05, 0) is 186 Å². The number of carbonyl (C=O) groups excluding carboxylic acids is 1. The molecule has 10 aromatic carbocycles. The van der Waals surface area contributed by atoms with E-state index in [2.05, 4.69) is 140 Å². The third kappa shape index (κ3) is 30.4. The van der Waals surface area contributed by atoms with Gasteiger partial charge in [0, 0.05) is 0 Å². The zero-order chi connectivity index (χ0) is 78.2. The Bertz CT molecular complexity index is 4250. The molecule has 12 heteroatoms. The standard InChI is InChI=1S/C101H114N3O8P/c102-77-81-41-49-85(50-42-81)88-55-61-92(62-56-88)106-69-31-19-13-7-1-4-10-16-22-34-72-109-98-75-91(101(105)112-80-84-47-67-97(68-48-84)113(95-37-27-25-28-38-95)96-39-29-26-30-40-96)76-99(110-73-35-23-17-11-5-2-8-14-20-32-70-107-93-63-57-89(58-64-93)86-51-43-82(78-103)44-52-86)100(98)111-74-36-24-18-12-6-3-9-15-21-33-71-108-94-65-59-90(60-66-94)87-53-45-83(79-104)46-54-87/h25-30,37-68,75-76H,1-24,31-36,69-74,80H2. The van der Waals surface area contributed by atoms with Gasteiger partial charge >= 0.3 is 5.97 Å². The number of nitrogens with zero attached hydrogens (tertiary/aromatic N) is 3. The van der Waals surface area contributed by atoms with E-state index in [1.165, 1.54) is 112 Å². The Morgan fingerprint density at radius 2 is 0.513 bits per heavy atom. The molecule has 0 aliphatic rings. The van der Waals surface area contributed by atoms with E-state index < -0.39 is 13.9 Å². The van der Waals surface area contributed by atoms with Crippen LogP contribution < -0.4 is 44.3 Å². The highest BCUT2D eigenvalue weighted by Gasteiger charge is 2.22. The topological polar surface area (TPSA) is 153 Å². The molecular weight excluding hydrogens is 1410 g/mol. The van der Waals surface area contributed by atoms with Crippen LogP contribution in [0.15, 0.2) is 243 Å². The van der Waals surface area contributed by atoms with Crippen molar-refractivity contribution in [3.8, 4) is 86.1 Å². The minimum Gasteiger partial charge on any atom is -0.494 e. The van der Waals surface area contributed by atoms with E-state index >= 15 is 0 Å². The molecule has 0 saturated carbocycles. The van der Waals surface area contributed by atoms with Crippen LogP contribution in [0.4, 0.5) is 0 Å². The summed E-state index contributed by atoms with van der Waals surface area (Å²) >= 11 is 0. The summed E-state index contributed by atoms with van der Waals surface area (Å²) in [4.78, 5) is 14.4. The van der Waals surface area contributed by atoms with Gasteiger partial charge in [0.15, 0.2) is 11.5 Å². The molecule has 0 N–H and O–H groups in total. The Labute approximate surface area is 675 Å². The van der Waals surface area contributed by atoms with E-state index in [0.29, 0.717) is 79.1 Å². The van der Waals surface area contributed by atoms with Crippen molar-refractivity contribution in [1.29, 1.82) is 15.8 Å². The van der Waals surface area contributed by atoms with Crippen molar-refractivity contribution < 1.29 is 38.0 Å². The summed E-state index contributed by atoms with van der Waals surface area (Å²) < 4.78 is 44.5. The summed E-state index contributed by atoms with van der Waals surface area (Å²) in [5, 5.41) is 31.2. The number of rotatable bonds is 54. The Hall–Kier alpha value is -10.6. The smallest absolute Gasteiger partial charge is 0.338 e. The molecule has 113 heavy (non-hydrogen) atoms. The molecule has 0 fully saturated rings. The van der Waals surface area contributed by atoms with Gasteiger partial charge in [0.1, 0.15) is 23.9 Å². The fourth-order valence-electron chi connectivity index (χ4n) is 14.0. The van der Waals surface area contributed by atoms with E-state index in [1.807, 2.05) is 121 Å². The van der Waals surface area contributed by atoms with E-state index in [1.54, 1.807) is 0 Å². The molecule has 0 aliphatic carbocycles. The van der Waals surface area contributed by atoms with Crippen LogP contribution in [0.2, 0.25) is 0 Å². The lowest BCUT2D eigenvalue weighted by atomic mass is 10.0. The molecule has 0 unspecified atom stereocenters. The summed E-state index contributed by atoms with van der Waals surface area (Å²) in [6, 6.07) is 87.7. The number of hydrogen-bond acceptors (Lipinski definition) is 11. The number of ether oxygens (including phenoxy) is 7. The van der Waals surface area contributed by atoms with E-state index in [-0.39, 0.29) is 6.61 Å². The van der Waals surface area contributed by atoms with Crippen molar-refractivity contribution in [3.63, 3.8) is 0 Å². The Morgan fingerprint density at radius 1 is 0.265 bits per heavy atom. The van der Waals surface area contributed by atoms with Gasteiger partial charge in [0.25, 0.3) is 0 Å². The van der Waals surface area contributed by atoms with Gasteiger partial charge in [-0.3, -0.25) is 0 Å². The summed E-state index contributed by atoms with van der Waals surface area (Å²) in [7, 11) is -0.773. The fraction of sp³-hybridized carbons (Fsp3) is 0.366. The highest BCUT2D eigenvalue weighted by Crippen LogP contribution is 2.41. The fourth-order valence-corrected chi connectivity index (χ4v) is 16.3. The average molecular weight is 1530 g/mol. The predicted molar refractivity (Wildman–Crippen MR) is 462 cm³/mol. The first-order valence-electron chi connectivity index (χ1n) is 41.8. The summed E-state index contributed by atoms with van der Waals surface area (Å²) in [5.41, 5.74) is 9.86. The highest BCUT2D eigenvalue weighted by molar-refractivity contribution is 7.79. The maximum Gasteiger partial charge on any atom is 0.338 e. The lowest BCUT2D eigenvalue weighted by Crippen LogP contribution is -2.20. The molecule has 0 spiro atoms. The first kappa shape index (κ1) is 84.8. The minimum atomic E-state index is -0.773. The molecule has 0 amide bonds. The first-order valence-corrected chi connectivity index (χ1v) is 43.2. The number of esters is 1. The number of hydrogen-bond donors (Lipinski definition) is 0. The molecular formula is C101H114N3O8P. The second-order valence-electron chi connectivity index (χ2n) is 29.4. The molecule has 0 bridgehead atoms. The normalized spacial score (nSPS) is 11.0. The van der Waals surface area contributed by atoms with E-state index in [4.69, 9.17) is 48.9 Å². The van der Waals surface area contributed by atoms with Gasteiger partial charge < -0.3 is 33.2 Å². The average Bonchev–Trinajstić information content (AvgIpc) is 0.815. The molecule has 0 radical (unpaired) electrons. The monoisotopic (exact) mass is 1530 g/mol. The molecule has 10 aromatic rings. The third-order valence-corrected chi connectivity index (χ3v) is 23.1. The van der Waals surface area contributed by atoms with Crippen LogP contribution in [0.1, 0.15) is 225 Å². The Balaban J connectivity index is 0.678. The molecule has 11 nitrogen and oxygen atoms in total. The van der Waals surface area contributed by atoms with Gasteiger partial charge in [-0.15, -0.1) is 0 Å². The third-order valence-electron chi connectivity index (χ3n) is 20.6. The number of benzene rings is 10. The van der Waals surface area contributed by atoms with Crippen molar-refractivity contribution in [2.75, 3.05) is 39.6 Å². The zero-order valence-corrected chi connectivity index (χ0v) is 67.2. The predicted octanol–water partition coefficient (Wildman–Crippen LogP) is 25.5. The molecule has 10 rings (SSSR count).